The zero-order chi connectivity index (χ0) is 20.2. The standard InChI is InChI=1S/C22H24N2O4S/c1-15-7-3-4-9-17(15)28-14-20(25)24(13-16-8-6-12-27-16)22-23-21-18(26-2)10-5-11-19(21)29-22/h3-5,7,9-11,16H,6,8,12-14H2,1-2H3. The van der Waals surface area contributed by atoms with Gasteiger partial charge in [0.2, 0.25) is 0 Å². The summed E-state index contributed by atoms with van der Waals surface area (Å²) in [4.78, 5) is 19.5. The van der Waals surface area contributed by atoms with Gasteiger partial charge in [-0.05, 0) is 43.5 Å². The number of nitrogens with zero attached hydrogens (tertiary/aromatic N) is 2. The Balaban J connectivity index is 1.59. The number of carbonyl (C=O) groups excluding carboxylic acids is 1. The molecule has 0 N–H and O–H groups in total. The van der Waals surface area contributed by atoms with Crippen molar-refractivity contribution in [2.24, 2.45) is 0 Å². The van der Waals surface area contributed by atoms with Gasteiger partial charge in [-0.2, -0.15) is 0 Å². The monoisotopic (exact) mass is 412 g/mol. The van der Waals surface area contributed by atoms with Gasteiger partial charge in [0.05, 0.1) is 24.5 Å². The number of methoxy groups -OCH3 is 1. The number of amides is 1. The summed E-state index contributed by atoms with van der Waals surface area (Å²) in [5.74, 6) is 1.27. The van der Waals surface area contributed by atoms with Crippen molar-refractivity contribution in [2.45, 2.75) is 25.9 Å². The van der Waals surface area contributed by atoms with Crippen molar-refractivity contribution in [1.29, 1.82) is 0 Å². The average molecular weight is 413 g/mol. The zero-order valence-electron chi connectivity index (χ0n) is 16.6. The molecule has 1 atom stereocenters. The highest BCUT2D eigenvalue weighted by Gasteiger charge is 2.27. The third-order valence-corrected chi connectivity index (χ3v) is 6.02. The smallest absolute Gasteiger partial charge is 0.266 e. The number of para-hydroxylation sites is 2. The van der Waals surface area contributed by atoms with Crippen LogP contribution in [0.4, 0.5) is 5.13 Å². The van der Waals surface area contributed by atoms with E-state index in [1.54, 1.807) is 12.0 Å². The first-order chi connectivity index (χ1) is 14.2. The SMILES string of the molecule is COc1cccc2sc(N(CC3CCCO3)C(=O)COc3ccccc3C)nc12. The first kappa shape index (κ1) is 19.7. The number of benzene rings is 2. The Bertz CT molecular complexity index is 997. The molecule has 0 radical (unpaired) electrons. The van der Waals surface area contributed by atoms with E-state index in [4.69, 9.17) is 19.2 Å². The van der Waals surface area contributed by atoms with Gasteiger partial charge < -0.3 is 14.2 Å². The Kier molecular flexibility index (Phi) is 5.97. The maximum atomic E-state index is 13.1. The molecule has 0 saturated carbocycles. The lowest BCUT2D eigenvalue weighted by Gasteiger charge is -2.23. The van der Waals surface area contributed by atoms with Crippen LogP contribution in [0.5, 0.6) is 11.5 Å². The fourth-order valence-corrected chi connectivity index (χ4v) is 4.42. The summed E-state index contributed by atoms with van der Waals surface area (Å²) in [5.41, 5.74) is 1.76. The largest absolute Gasteiger partial charge is 0.494 e. The van der Waals surface area contributed by atoms with Crippen LogP contribution in [0.3, 0.4) is 0 Å². The van der Waals surface area contributed by atoms with Crippen LogP contribution in [-0.2, 0) is 9.53 Å². The summed E-state index contributed by atoms with van der Waals surface area (Å²) in [5, 5.41) is 0.637. The second-order valence-electron chi connectivity index (χ2n) is 7.00. The Labute approximate surface area is 174 Å². The first-order valence-corrected chi connectivity index (χ1v) is 10.5. The summed E-state index contributed by atoms with van der Waals surface area (Å²) < 4.78 is 18.0. The Morgan fingerprint density at radius 1 is 1.24 bits per heavy atom. The molecule has 4 rings (SSSR count). The molecule has 1 fully saturated rings. The topological polar surface area (TPSA) is 60.9 Å². The molecule has 1 amide bonds. The Morgan fingerprint density at radius 2 is 2.07 bits per heavy atom. The van der Waals surface area contributed by atoms with E-state index in [1.807, 2.05) is 49.4 Å². The zero-order valence-corrected chi connectivity index (χ0v) is 17.4. The van der Waals surface area contributed by atoms with Gasteiger partial charge >= 0.3 is 0 Å². The lowest BCUT2D eigenvalue weighted by molar-refractivity contribution is -0.120. The molecule has 3 aromatic rings. The fraction of sp³-hybridized carbons (Fsp3) is 0.364. The number of hydrogen-bond donors (Lipinski definition) is 0. The number of anilines is 1. The van der Waals surface area contributed by atoms with Crippen LogP contribution in [0.25, 0.3) is 10.2 Å². The van der Waals surface area contributed by atoms with Crippen LogP contribution in [0.2, 0.25) is 0 Å². The lowest BCUT2D eigenvalue weighted by atomic mass is 10.2. The predicted octanol–water partition coefficient (Wildman–Crippen LogP) is 4.20. The van der Waals surface area contributed by atoms with E-state index in [1.165, 1.54) is 11.3 Å². The molecule has 2 heterocycles. The van der Waals surface area contributed by atoms with E-state index in [0.29, 0.717) is 23.2 Å². The highest BCUT2D eigenvalue weighted by atomic mass is 32.1. The van der Waals surface area contributed by atoms with Crippen molar-refractivity contribution < 1.29 is 19.0 Å². The Morgan fingerprint density at radius 3 is 2.83 bits per heavy atom. The van der Waals surface area contributed by atoms with Gasteiger partial charge in [0, 0.05) is 6.61 Å². The highest BCUT2D eigenvalue weighted by molar-refractivity contribution is 7.22. The van der Waals surface area contributed by atoms with E-state index in [0.717, 1.165) is 35.2 Å². The molecule has 152 valence electrons. The predicted molar refractivity (Wildman–Crippen MR) is 114 cm³/mol. The number of thiazole rings is 1. The number of hydrogen-bond acceptors (Lipinski definition) is 6. The minimum Gasteiger partial charge on any atom is -0.494 e. The molecular weight excluding hydrogens is 388 g/mol. The maximum absolute atomic E-state index is 13.1. The molecule has 29 heavy (non-hydrogen) atoms. The molecule has 1 unspecified atom stereocenters. The summed E-state index contributed by atoms with van der Waals surface area (Å²) in [6.07, 6.45) is 1.97. The van der Waals surface area contributed by atoms with Crippen molar-refractivity contribution in [2.75, 3.05) is 31.8 Å². The van der Waals surface area contributed by atoms with Crippen molar-refractivity contribution in [3.63, 3.8) is 0 Å². The molecule has 0 aliphatic carbocycles. The number of fused-ring (bicyclic) bond motifs is 1. The molecular formula is C22H24N2O4S. The summed E-state index contributed by atoms with van der Waals surface area (Å²) in [7, 11) is 1.62. The van der Waals surface area contributed by atoms with E-state index in [-0.39, 0.29) is 18.6 Å². The molecule has 0 bridgehead atoms. The number of carbonyl (C=O) groups is 1. The van der Waals surface area contributed by atoms with E-state index >= 15 is 0 Å². The van der Waals surface area contributed by atoms with Crippen molar-refractivity contribution in [3.05, 3.63) is 48.0 Å². The molecule has 7 heteroatoms. The van der Waals surface area contributed by atoms with Gasteiger partial charge in [-0.15, -0.1) is 0 Å². The summed E-state index contributed by atoms with van der Waals surface area (Å²) in [6, 6.07) is 13.5. The van der Waals surface area contributed by atoms with Gasteiger partial charge in [0.15, 0.2) is 11.7 Å². The Hall–Kier alpha value is -2.64. The van der Waals surface area contributed by atoms with Gasteiger partial charge in [0.1, 0.15) is 17.0 Å². The lowest BCUT2D eigenvalue weighted by Crippen LogP contribution is -2.40. The van der Waals surface area contributed by atoms with Crippen molar-refractivity contribution in [1.82, 2.24) is 4.98 Å². The van der Waals surface area contributed by atoms with E-state index in [9.17, 15) is 4.79 Å². The molecule has 1 aliphatic rings. The van der Waals surface area contributed by atoms with E-state index in [2.05, 4.69) is 0 Å². The molecule has 1 saturated heterocycles. The number of aromatic nitrogens is 1. The average Bonchev–Trinajstić information content (AvgIpc) is 3.40. The minimum absolute atomic E-state index is 0.0197. The van der Waals surface area contributed by atoms with Crippen LogP contribution in [0.1, 0.15) is 18.4 Å². The highest BCUT2D eigenvalue weighted by Crippen LogP contribution is 2.34. The second kappa shape index (κ2) is 8.80. The second-order valence-corrected chi connectivity index (χ2v) is 8.01. The van der Waals surface area contributed by atoms with Crippen molar-refractivity contribution in [3.8, 4) is 11.5 Å². The van der Waals surface area contributed by atoms with Crippen LogP contribution < -0.4 is 14.4 Å². The third-order valence-electron chi connectivity index (χ3n) is 4.98. The summed E-state index contributed by atoms with van der Waals surface area (Å²) in [6.45, 7) is 3.12. The van der Waals surface area contributed by atoms with Gasteiger partial charge in [0.25, 0.3) is 5.91 Å². The fourth-order valence-electron chi connectivity index (χ4n) is 3.41. The third kappa shape index (κ3) is 4.36. The maximum Gasteiger partial charge on any atom is 0.266 e. The van der Waals surface area contributed by atoms with Crippen LogP contribution in [-0.4, -0.2) is 43.9 Å². The summed E-state index contributed by atoms with van der Waals surface area (Å²) >= 11 is 1.47. The number of rotatable bonds is 7. The molecule has 1 aliphatic heterocycles. The molecule has 2 aromatic carbocycles. The van der Waals surface area contributed by atoms with Crippen molar-refractivity contribution >= 4 is 32.6 Å². The van der Waals surface area contributed by atoms with Crippen LogP contribution >= 0.6 is 11.3 Å². The van der Waals surface area contributed by atoms with Gasteiger partial charge in [-0.25, -0.2) is 4.98 Å². The minimum atomic E-state index is -0.137. The number of ether oxygens (including phenoxy) is 3. The number of aryl methyl sites for hydroxylation is 1. The normalized spacial score (nSPS) is 16.1. The molecule has 6 nitrogen and oxygen atoms in total. The van der Waals surface area contributed by atoms with Crippen LogP contribution in [0.15, 0.2) is 42.5 Å². The first-order valence-electron chi connectivity index (χ1n) is 9.69. The van der Waals surface area contributed by atoms with E-state index < -0.39 is 0 Å². The molecule has 0 spiro atoms. The van der Waals surface area contributed by atoms with Gasteiger partial charge in [-0.3, -0.25) is 9.69 Å². The quantitative estimate of drug-likeness (QED) is 0.582. The van der Waals surface area contributed by atoms with Gasteiger partial charge in [-0.1, -0.05) is 35.6 Å². The molecule has 1 aromatic heterocycles. The van der Waals surface area contributed by atoms with Crippen LogP contribution in [0, 0.1) is 6.92 Å².